The number of hydrogen-bond donors (Lipinski definition) is 0. The minimum Gasteiger partial charge on any atom is -0.342 e. The number of carbonyl (C=O) groups is 1. The Labute approximate surface area is 160 Å². The Kier molecular flexibility index (Phi) is 5.91. The van der Waals surface area contributed by atoms with Crippen LogP contribution in [0.2, 0.25) is 0 Å². The third-order valence-corrected chi connectivity index (χ3v) is 4.48. The summed E-state index contributed by atoms with van der Waals surface area (Å²) in [4.78, 5) is 28.0. The molecule has 2 heterocycles. The minimum atomic E-state index is -0.0641. The number of aryl methyl sites for hydroxylation is 1. The van der Waals surface area contributed by atoms with Crippen molar-refractivity contribution in [2.45, 2.75) is 26.7 Å². The number of nitrogens with zero attached hydrogens (tertiary/aromatic N) is 4. The van der Waals surface area contributed by atoms with E-state index >= 15 is 0 Å². The molecule has 3 aromatic rings. The van der Waals surface area contributed by atoms with Gasteiger partial charge in [-0.1, -0.05) is 43.2 Å². The van der Waals surface area contributed by atoms with E-state index in [1.165, 1.54) is 5.56 Å². The molecular formula is C22H24N4O. The van der Waals surface area contributed by atoms with Crippen LogP contribution in [-0.4, -0.2) is 39.4 Å². The summed E-state index contributed by atoms with van der Waals surface area (Å²) in [5.74, 6) is 0.542. The summed E-state index contributed by atoms with van der Waals surface area (Å²) in [6.45, 7) is 4.87. The van der Waals surface area contributed by atoms with Crippen LogP contribution >= 0.6 is 0 Å². The molecule has 0 radical (unpaired) electrons. The molecule has 5 nitrogen and oxygen atoms in total. The first-order chi connectivity index (χ1) is 13.1. The summed E-state index contributed by atoms with van der Waals surface area (Å²) in [5, 5.41) is 0. The van der Waals surface area contributed by atoms with Gasteiger partial charge in [0.25, 0.3) is 5.91 Å². The fourth-order valence-electron chi connectivity index (χ4n) is 2.81. The van der Waals surface area contributed by atoms with Crippen LogP contribution in [0.3, 0.4) is 0 Å². The molecule has 138 valence electrons. The number of benzene rings is 1. The molecule has 0 atom stereocenters. The summed E-state index contributed by atoms with van der Waals surface area (Å²) in [6.07, 6.45) is 7.06. The van der Waals surface area contributed by atoms with Crippen molar-refractivity contribution in [3.05, 3.63) is 66.1 Å². The summed E-state index contributed by atoms with van der Waals surface area (Å²) >= 11 is 0. The Morgan fingerprint density at radius 1 is 1.04 bits per heavy atom. The highest BCUT2D eigenvalue weighted by Gasteiger charge is 2.19. The van der Waals surface area contributed by atoms with Crippen LogP contribution in [0.25, 0.3) is 22.6 Å². The first kappa shape index (κ1) is 18.7. The number of pyridine rings is 1. The van der Waals surface area contributed by atoms with Crippen molar-refractivity contribution in [3.8, 4) is 22.6 Å². The van der Waals surface area contributed by atoms with Crippen molar-refractivity contribution < 1.29 is 4.79 Å². The van der Waals surface area contributed by atoms with E-state index in [9.17, 15) is 4.79 Å². The smallest absolute Gasteiger partial charge is 0.257 e. The maximum absolute atomic E-state index is 13.0. The van der Waals surface area contributed by atoms with E-state index in [-0.39, 0.29) is 5.91 Å². The normalized spacial score (nSPS) is 10.6. The predicted molar refractivity (Wildman–Crippen MR) is 107 cm³/mol. The van der Waals surface area contributed by atoms with Gasteiger partial charge in [0.1, 0.15) is 0 Å². The number of unbranched alkanes of at least 4 members (excludes halogenated alkanes) is 1. The van der Waals surface area contributed by atoms with Crippen molar-refractivity contribution in [1.29, 1.82) is 0 Å². The lowest BCUT2D eigenvalue weighted by molar-refractivity contribution is 0.0793. The van der Waals surface area contributed by atoms with E-state index in [2.05, 4.69) is 16.9 Å². The molecule has 3 rings (SSSR count). The van der Waals surface area contributed by atoms with E-state index in [4.69, 9.17) is 4.98 Å². The predicted octanol–water partition coefficient (Wildman–Crippen LogP) is 4.39. The third-order valence-electron chi connectivity index (χ3n) is 4.48. The molecule has 0 fully saturated rings. The first-order valence-electron chi connectivity index (χ1n) is 9.20. The minimum absolute atomic E-state index is 0.0641. The molecule has 0 spiro atoms. The largest absolute Gasteiger partial charge is 0.342 e. The molecule has 5 heteroatoms. The lowest BCUT2D eigenvalue weighted by Crippen LogP contribution is -2.28. The Morgan fingerprint density at radius 3 is 2.41 bits per heavy atom. The summed E-state index contributed by atoms with van der Waals surface area (Å²) in [5.41, 5.74) is 4.10. The molecule has 1 amide bonds. The highest BCUT2D eigenvalue weighted by Crippen LogP contribution is 2.25. The van der Waals surface area contributed by atoms with E-state index in [0.29, 0.717) is 23.6 Å². The summed E-state index contributed by atoms with van der Waals surface area (Å²) < 4.78 is 0. The Morgan fingerprint density at radius 2 is 1.74 bits per heavy atom. The summed E-state index contributed by atoms with van der Waals surface area (Å²) in [7, 11) is 1.82. The van der Waals surface area contributed by atoms with Crippen LogP contribution in [0.1, 0.15) is 35.7 Å². The van der Waals surface area contributed by atoms with Crippen LogP contribution in [-0.2, 0) is 0 Å². The topological polar surface area (TPSA) is 59.0 Å². The van der Waals surface area contributed by atoms with Gasteiger partial charge in [-0.25, -0.2) is 9.97 Å². The fourth-order valence-corrected chi connectivity index (χ4v) is 2.81. The zero-order chi connectivity index (χ0) is 19.2. The highest BCUT2D eigenvalue weighted by atomic mass is 16.2. The van der Waals surface area contributed by atoms with Gasteiger partial charge in [-0.15, -0.1) is 0 Å². The van der Waals surface area contributed by atoms with Crippen LogP contribution in [0.4, 0.5) is 0 Å². The monoisotopic (exact) mass is 360 g/mol. The van der Waals surface area contributed by atoms with Gasteiger partial charge in [-0.2, -0.15) is 0 Å². The fraction of sp³-hybridized carbons (Fsp3) is 0.273. The Balaban J connectivity index is 2.05. The molecule has 0 bridgehead atoms. The molecule has 27 heavy (non-hydrogen) atoms. The van der Waals surface area contributed by atoms with Gasteiger partial charge in [-0.3, -0.25) is 9.78 Å². The molecular weight excluding hydrogens is 336 g/mol. The van der Waals surface area contributed by atoms with Crippen LogP contribution < -0.4 is 0 Å². The number of hydrogen-bond acceptors (Lipinski definition) is 4. The molecule has 0 N–H and O–H groups in total. The van der Waals surface area contributed by atoms with E-state index in [1.807, 2.05) is 50.4 Å². The van der Waals surface area contributed by atoms with E-state index in [0.717, 1.165) is 24.0 Å². The Bertz CT molecular complexity index is 907. The number of rotatable bonds is 6. The maximum Gasteiger partial charge on any atom is 0.257 e. The standard InChI is InChI=1S/C22H24N4O/c1-4-5-14-26(3)22(27)19-15-24-21(18-8-6-16(2)7-9-18)25-20(19)17-10-12-23-13-11-17/h6-13,15H,4-5,14H2,1-3H3. The maximum atomic E-state index is 13.0. The van der Waals surface area contributed by atoms with Crippen molar-refractivity contribution >= 4 is 5.91 Å². The second-order valence-corrected chi connectivity index (χ2v) is 6.64. The molecule has 0 aliphatic rings. The lowest BCUT2D eigenvalue weighted by Gasteiger charge is -2.18. The van der Waals surface area contributed by atoms with Gasteiger partial charge in [0.15, 0.2) is 5.82 Å². The van der Waals surface area contributed by atoms with Crippen molar-refractivity contribution in [2.75, 3.05) is 13.6 Å². The zero-order valence-corrected chi connectivity index (χ0v) is 16.0. The van der Waals surface area contributed by atoms with Crippen molar-refractivity contribution in [2.24, 2.45) is 0 Å². The lowest BCUT2D eigenvalue weighted by atomic mass is 10.1. The van der Waals surface area contributed by atoms with Gasteiger partial charge in [0.05, 0.1) is 11.3 Å². The molecule has 0 unspecified atom stereocenters. The third kappa shape index (κ3) is 4.37. The average Bonchev–Trinajstić information content (AvgIpc) is 2.72. The number of aromatic nitrogens is 3. The number of amides is 1. The Hall–Kier alpha value is -3.08. The highest BCUT2D eigenvalue weighted by molar-refractivity contribution is 5.99. The van der Waals surface area contributed by atoms with Crippen LogP contribution in [0.5, 0.6) is 0 Å². The van der Waals surface area contributed by atoms with Gasteiger partial charge in [0.2, 0.25) is 0 Å². The second-order valence-electron chi connectivity index (χ2n) is 6.64. The molecule has 0 saturated carbocycles. The van der Waals surface area contributed by atoms with Crippen LogP contribution in [0, 0.1) is 6.92 Å². The summed E-state index contributed by atoms with van der Waals surface area (Å²) in [6, 6.07) is 11.8. The molecule has 0 saturated heterocycles. The van der Waals surface area contributed by atoms with Crippen molar-refractivity contribution in [1.82, 2.24) is 19.9 Å². The van der Waals surface area contributed by atoms with Gasteiger partial charge < -0.3 is 4.90 Å². The second kappa shape index (κ2) is 8.54. The van der Waals surface area contributed by atoms with Gasteiger partial charge in [-0.05, 0) is 25.5 Å². The molecule has 0 aliphatic heterocycles. The van der Waals surface area contributed by atoms with Crippen molar-refractivity contribution in [3.63, 3.8) is 0 Å². The average molecular weight is 360 g/mol. The first-order valence-corrected chi connectivity index (χ1v) is 9.20. The van der Waals surface area contributed by atoms with Gasteiger partial charge in [0, 0.05) is 43.3 Å². The number of carbonyl (C=O) groups excluding carboxylic acids is 1. The zero-order valence-electron chi connectivity index (χ0n) is 16.0. The van der Waals surface area contributed by atoms with Crippen LogP contribution in [0.15, 0.2) is 55.0 Å². The van der Waals surface area contributed by atoms with Gasteiger partial charge >= 0.3 is 0 Å². The van der Waals surface area contributed by atoms with E-state index in [1.54, 1.807) is 23.5 Å². The SMILES string of the molecule is CCCCN(C)C(=O)c1cnc(-c2ccc(C)cc2)nc1-c1ccncc1. The molecule has 1 aromatic carbocycles. The quantitative estimate of drug-likeness (QED) is 0.654. The molecule has 0 aliphatic carbocycles. The molecule has 2 aromatic heterocycles. The van der Waals surface area contributed by atoms with E-state index < -0.39 is 0 Å².